The maximum absolute atomic E-state index is 10.7. The van der Waals surface area contributed by atoms with E-state index in [1.807, 2.05) is 45.9 Å². The first-order valence-electron chi connectivity index (χ1n) is 12.6. The van der Waals surface area contributed by atoms with Crippen LogP contribution in [0.15, 0.2) is 40.9 Å². The monoisotopic (exact) mass is 490 g/mol. The van der Waals surface area contributed by atoms with Gasteiger partial charge >= 0.3 is 5.97 Å². The van der Waals surface area contributed by atoms with E-state index in [9.17, 15) is 10.1 Å². The second-order valence-electron chi connectivity index (χ2n) is 8.68. The standard InChI is InChI=1S/C26H28N4O4.C2H6/c1-16(2)33-23-12-9-17(14-18(23)15-27)26-29-25(30-34-26)21-7-5-6-20-19(21)10-11-22(20)28-13-4-3-8-24(31)32;1-2/h5-7,9,12,14,16,22,28H,3-4,8,10-11,13H2,1-2H3,(H,31,32);1-2H3. The Morgan fingerprint density at radius 2 is 2.08 bits per heavy atom. The van der Waals surface area contributed by atoms with Gasteiger partial charge in [-0.25, -0.2) is 0 Å². The van der Waals surface area contributed by atoms with Crippen molar-refractivity contribution in [2.24, 2.45) is 0 Å². The van der Waals surface area contributed by atoms with Gasteiger partial charge in [-0.3, -0.25) is 4.79 Å². The third-order valence-corrected chi connectivity index (χ3v) is 5.86. The van der Waals surface area contributed by atoms with Crippen molar-refractivity contribution in [3.63, 3.8) is 0 Å². The van der Waals surface area contributed by atoms with Gasteiger partial charge in [0.25, 0.3) is 5.89 Å². The van der Waals surface area contributed by atoms with E-state index in [2.05, 4.69) is 27.6 Å². The van der Waals surface area contributed by atoms with Crippen molar-refractivity contribution in [2.75, 3.05) is 6.54 Å². The molecule has 1 heterocycles. The van der Waals surface area contributed by atoms with E-state index < -0.39 is 5.97 Å². The van der Waals surface area contributed by atoms with E-state index in [1.165, 1.54) is 11.1 Å². The minimum Gasteiger partial charge on any atom is -0.490 e. The number of benzene rings is 2. The average Bonchev–Trinajstić information content (AvgIpc) is 3.52. The molecule has 0 bridgehead atoms. The molecule has 0 fully saturated rings. The largest absolute Gasteiger partial charge is 0.490 e. The lowest BCUT2D eigenvalue weighted by atomic mass is 10.0. The van der Waals surface area contributed by atoms with E-state index in [1.54, 1.807) is 12.1 Å². The maximum atomic E-state index is 10.7. The van der Waals surface area contributed by atoms with Crippen LogP contribution >= 0.6 is 0 Å². The van der Waals surface area contributed by atoms with Crippen molar-refractivity contribution in [3.05, 3.63) is 53.1 Å². The zero-order valence-electron chi connectivity index (χ0n) is 21.4. The van der Waals surface area contributed by atoms with Crippen molar-refractivity contribution >= 4 is 5.97 Å². The van der Waals surface area contributed by atoms with Gasteiger partial charge in [-0.2, -0.15) is 10.2 Å². The number of ether oxygens (including phenoxy) is 1. The third kappa shape index (κ3) is 6.49. The molecule has 190 valence electrons. The van der Waals surface area contributed by atoms with Crippen LogP contribution in [0.4, 0.5) is 0 Å². The fourth-order valence-electron chi connectivity index (χ4n) is 4.31. The van der Waals surface area contributed by atoms with E-state index in [-0.39, 0.29) is 18.6 Å². The summed E-state index contributed by atoms with van der Waals surface area (Å²) in [4.78, 5) is 15.3. The average molecular weight is 491 g/mol. The molecule has 1 aliphatic carbocycles. The number of hydrogen-bond donors (Lipinski definition) is 2. The van der Waals surface area contributed by atoms with Gasteiger partial charge in [0.1, 0.15) is 11.8 Å². The zero-order chi connectivity index (χ0) is 26.1. The molecule has 1 atom stereocenters. The summed E-state index contributed by atoms with van der Waals surface area (Å²) in [5.41, 5.74) is 4.46. The van der Waals surface area contributed by atoms with Gasteiger partial charge in [-0.1, -0.05) is 37.2 Å². The highest BCUT2D eigenvalue weighted by Crippen LogP contribution is 2.37. The fourth-order valence-corrected chi connectivity index (χ4v) is 4.31. The molecule has 3 aromatic rings. The number of nitrogens with zero attached hydrogens (tertiary/aromatic N) is 3. The van der Waals surface area contributed by atoms with Crippen molar-refractivity contribution in [2.45, 2.75) is 71.9 Å². The number of carboxylic acid groups (broad SMARTS) is 1. The van der Waals surface area contributed by atoms with Gasteiger partial charge in [0, 0.05) is 23.6 Å². The highest BCUT2D eigenvalue weighted by Gasteiger charge is 2.26. The zero-order valence-corrected chi connectivity index (χ0v) is 21.4. The van der Waals surface area contributed by atoms with Crippen LogP contribution in [0.3, 0.4) is 0 Å². The van der Waals surface area contributed by atoms with Gasteiger partial charge in [-0.05, 0) is 75.4 Å². The number of hydrogen-bond acceptors (Lipinski definition) is 7. The first-order valence-corrected chi connectivity index (χ1v) is 12.6. The molecular formula is C28H34N4O4. The van der Waals surface area contributed by atoms with Crippen LogP contribution in [0.1, 0.15) is 76.1 Å². The summed E-state index contributed by atoms with van der Waals surface area (Å²) in [5.74, 6) is 0.656. The number of aromatic nitrogens is 2. The second-order valence-corrected chi connectivity index (χ2v) is 8.68. The van der Waals surface area contributed by atoms with Gasteiger partial charge in [0.2, 0.25) is 5.82 Å². The predicted molar refractivity (Wildman–Crippen MR) is 138 cm³/mol. The minimum absolute atomic E-state index is 0.0313. The van der Waals surface area contributed by atoms with Crippen LogP contribution in [0.5, 0.6) is 5.75 Å². The molecule has 2 aromatic carbocycles. The van der Waals surface area contributed by atoms with E-state index >= 15 is 0 Å². The Balaban J connectivity index is 0.00000176. The number of nitriles is 1. The van der Waals surface area contributed by atoms with Crippen LogP contribution < -0.4 is 10.1 Å². The molecule has 8 nitrogen and oxygen atoms in total. The van der Waals surface area contributed by atoms with Gasteiger partial charge in [-0.15, -0.1) is 0 Å². The lowest BCUT2D eigenvalue weighted by Crippen LogP contribution is -2.20. The Kier molecular flexibility index (Phi) is 9.60. The Morgan fingerprint density at radius 3 is 2.81 bits per heavy atom. The van der Waals surface area contributed by atoms with E-state index in [0.29, 0.717) is 35.0 Å². The van der Waals surface area contributed by atoms with Crippen LogP contribution in [-0.4, -0.2) is 33.9 Å². The third-order valence-electron chi connectivity index (χ3n) is 5.86. The van der Waals surface area contributed by atoms with Crippen molar-refractivity contribution < 1.29 is 19.2 Å². The maximum Gasteiger partial charge on any atom is 0.303 e. The number of unbranched alkanes of at least 4 members (excludes halogenated alkanes) is 1. The highest BCUT2D eigenvalue weighted by molar-refractivity contribution is 5.67. The summed E-state index contributed by atoms with van der Waals surface area (Å²) >= 11 is 0. The lowest BCUT2D eigenvalue weighted by Gasteiger charge is -2.14. The summed E-state index contributed by atoms with van der Waals surface area (Å²) in [6, 6.07) is 13.8. The molecule has 2 N–H and O–H groups in total. The Bertz CT molecular complexity index is 1210. The first kappa shape index (κ1) is 26.9. The topological polar surface area (TPSA) is 121 Å². The molecule has 0 radical (unpaired) electrons. The van der Waals surface area contributed by atoms with Crippen molar-refractivity contribution in [1.29, 1.82) is 5.26 Å². The van der Waals surface area contributed by atoms with Crippen LogP contribution in [-0.2, 0) is 11.2 Å². The van der Waals surface area contributed by atoms with Crippen LogP contribution in [0.2, 0.25) is 0 Å². The molecule has 36 heavy (non-hydrogen) atoms. The SMILES string of the molecule is CC.CC(C)Oc1ccc(-c2nc(-c3cccc4c3CCC4NCCCCC(=O)O)no2)cc1C#N. The summed E-state index contributed by atoms with van der Waals surface area (Å²) in [6.07, 6.45) is 3.55. The number of rotatable bonds is 10. The van der Waals surface area contributed by atoms with Crippen molar-refractivity contribution in [1.82, 2.24) is 15.5 Å². The highest BCUT2D eigenvalue weighted by atomic mass is 16.5. The van der Waals surface area contributed by atoms with Gasteiger partial charge in [0.05, 0.1) is 11.7 Å². The molecule has 4 rings (SSSR count). The predicted octanol–water partition coefficient (Wildman–Crippen LogP) is 5.92. The summed E-state index contributed by atoms with van der Waals surface area (Å²) in [7, 11) is 0. The summed E-state index contributed by atoms with van der Waals surface area (Å²) < 4.78 is 11.2. The normalized spacial score (nSPS) is 14.1. The van der Waals surface area contributed by atoms with E-state index in [0.717, 1.165) is 31.4 Å². The Labute approximate surface area is 212 Å². The number of aliphatic carboxylic acids is 1. The molecule has 1 aliphatic rings. The van der Waals surface area contributed by atoms with Crippen LogP contribution in [0, 0.1) is 11.3 Å². The quantitative estimate of drug-likeness (QED) is 0.336. The number of carboxylic acids is 1. The number of fused-ring (bicyclic) bond motifs is 1. The molecule has 8 heteroatoms. The smallest absolute Gasteiger partial charge is 0.303 e. The van der Waals surface area contributed by atoms with Crippen LogP contribution in [0.25, 0.3) is 22.8 Å². The molecule has 0 saturated carbocycles. The second kappa shape index (κ2) is 12.8. The van der Waals surface area contributed by atoms with Crippen molar-refractivity contribution in [3.8, 4) is 34.7 Å². The van der Waals surface area contributed by atoms with Gasteiger partial charge in [0.15, 0.2) is 0 Å². The summed E-state index contributed by atoms with van der Waals surface area (Å²) in [6.45, 7) is 8.61. The number of nitrogens with one attached hydrogen (secondary N) is 1. The number of carbonyl (C=O) groups is 1. The molecule has 1 unspecified atom stereocenters. The Hall–Kier alpha value is -3.70. The molecule has 0 saturated heterocycles. The summed E-state index contributed by atoms with van der Waals surface area (Å²) in [5, 5.41) is 26.1. The fraction of sp³-hybridized carbons (Fsp3) is 0.429. The minimum atomic E-state index is -0.751. The molecule has 0 spiro atoms. The Morgan fingerprint density at radius 1 is 1.28 bits per heavy atom. The first-order chi connectivity index (χ1) is 17.5. The van der Waals surface area contributed by atoms with E-state index in [4.69, 9.17) is 14.4 Å². The molecule has 0 aliphatic heterocycles. The molecule has 1 aromatic heterocycles. The lowest BCUT2D eigenvalue weighted by molar-refractivity contribution is -0.137. The molecular weight excluding hydrogens is 456 g/mol. The van der Waals surface area contributed by atoms with Gasteiger partial charge < -0.3 is 19.7 Å². The molecule has 0 amide bonds.